The summed E-state index contributed by atoms with van der Waals surface area (Å²) in [6.45, 7) is 5.30. The van der Waals surface area contributed by atoms with Crippen LogP contribution in [0.3, 0.4) is 0 Å². The number of hydrogen-bond acceptors (Lipinski definition) is 3. The molecule has 0 saturated heterocycles. The fourth-order valence-electron chi connectivity index (χ4n) is 1.48. The van der Waals surface area contributed by atoms with Crippen molar-refractivity contribution in [2.75, 3.05) is 5.32 Å². The second-order valence-corrected chi connectivity index (χ2v) is 5.74. The highest BCUT2D eigenvalue weighted by atomic mass is 35.5. The monoisotopic (exact) mass is 299 g/mol. The number of hydrogen-bond donors (Lipinski definition) is 2. The zero-order chi connectivity index (χ0) is 15.3. The van der Waals surface area contributed by atoms with E-state index in [0.29, 0.717) is 17.1 Å². The van der Waals surface area contributed by atoms with Crippen molar-refractivity contribution in [2.24, 2.45) is 0 Å². The lowest BCUT2D eigenvalue weighted by Gasteiger charge is -2.20. The molecule has 2 N–H and O–H groups in total. The van der Waals surface area contributed by atoms with Crippen molar-refractivity contribution in [3.8, 4) is 0 Å². The summed E-state index contributed by atoms with van der Waals surface area (Å²) in [5, 5.41) is 11.5. The summed E-state index contributed by atoms with van der Waals surface area (Å²) in [5.74, 6) is -0.864. The van der Waals surface area contributed by atoms with Gasteiger partial charge in [-0.2, -0.15) is 0 Å². The van der Waals surface area contributed by atoms with Crippen LogP contribution in [0.2, 0.25) is 5.02 Å². The number of rotatable bonds is 4. The van der Waals surface area contributed by atoms with Crippen molar-refractivity contribution in [3.05, 3.63) is 28.8 Å². The van der Waals surface area contributed by atoms with Crippen LogP contribution in [0.25, 0.3) is 0 Å². The van der Waals surface area contributed by atoms with E-state index >= 15 is 0 Å². The standard InChI is InChI=1S/C14H18ClNO4/c1-14(2,3)20-13(19)16-11-6-4-9(8-10(11)15)5-7-12(17)18/h4,6,8H,5,7H2,1-3H3,(H,16,19)(H,17,18). The Balaban J connectivity index is 2.68. The molecule has 0 heterocycles. The summed E-state index contributed by atoms with van der Waals surface area (Å²) in [5.41, 5.74) is 0.643. The van der Waals surface area contributed by atoms with E-state index in [1.54, 1.807) is 39.0 Å². The minimum Gasteiger partial charge on any atom is -0.481 e. The van der Waals surface area contributed by atoms with Gasteiger partial charge in [-0.15, -0.1) is 0 Å². The predicted octanol–water partition coefficient (Wildman–Crippen LogP) is 3.70. The molecule has 5 nitrogen and oxygen atoms in total. The van der Waals surface area contributed by atoms with Crippen LogP contribution in [0.4, 0.5) is 10.5 Å². The maximum absolute atomic E-state index is 11.6. The van der Waals surface area contributed by atoms with Crippen molar-refractivity contribution in [3.63, 3.8) is 0 Å². The summed E-state index contributed by atoms with van der Waals surface area (Å²) in [4.78, 5) is 22.1. The summed E-state index contributed by atoms with van der Waals surface area (Å²) in [7, 11) is 0. The molecule has 0 aliphatic carbocycles. The maximum atomic E-state index is 11.6. The molecule has 1 aromatic rings. The van der Waals surface area contributed by atoms with Crippen molar-refractivity contribution in [2.45, 2.75) is 39.2 Å². The Kier molecular flexibility index (Phi) is 5.39. The molecular formula is C14H18ClNO4. The summed E-state index contributed by atoms with van der Waals surface area (Å²) >= 11 is 6.04. The Labute approximate surface area is 122 Å². The van der Waals surface area contributed by atoms with Crippen LogP contribution in [-0.4, -0.2) is 22.8 Å². The van der Waals surface area contributed by atoms with Gasteiger partial charge in [0.1, 0.15) is 5.60 Å². The molecule has 0 fully saturated rings. The quantitative estimate of drug-likeness (QED) is 0.888. The average Bonchev–Trinajstić information content (AvgIpc) is 2.27. The molecule has 20 heavy (non-hydrogen) atoms. The Morgan fingerprint density at radius 1 is 1.35 bits per heavy atom. The molecule has 0 atom stereocenters. The number of nitrogens with one attached hydrogen (secondary N) is 1. The highest BCUT2D eigenvalue weighted by molar-refractivity contribution is 6.33. The van der Waals surface area contributed by atoms with Crippen molar-refractivity contribution in [1.82, 2.24) is 0 Å². The number of carbonyl (C=O) groups is 2. The van der Waals surface area contributed by atoms with Crippen molar-refractivity contribution in [1.29, 1.82) is 0 Å². The SMILES string of the molecule is CC(C)(C)OC(=O)Nc1ccc(CCC(=O)O)cc1Cl. The van der Waals surface area contributed by atoms with Crippen molar-refractivity contribution < 1.29 is 19.4 Å². The third kappa shape index (κ3) is 5.93. The molecule has 1 amide bonds. The van der Waals surface area contributed by atoms with Gasteiger partial charge in [0.25, 0.3) is 0 Å². The number of carboxylic acids is 1. The van der Waals surface area contributed by atoms with Gasteiger partial charge in [0.05, 0.1) is 10.7 Å². The van der Waals surface area contributed by atoms with Gasteiger partial charge in [-0.3, -0.25) is 10.1 Å². The third-order valence-electron chi connectivity index (χ3n) is 2.30. The first-order chi connectivity index (χ1) is 9.17. The first-order valence-corrected chi connectivity index (χ1v) is 6.55. The number of carbonyl (C=O) groups excluding carboxylic acids is 1. The number of carboxylic acid groups (broad SMARTS) is 1. The van der Waals surface area contributed by atoms with Gasteiger partial charge in [0.15, 0.2) is 0 Å². The van der Waals surface area contributed by atoms with Gasteiger partial charge < -0.3 is 9.84 Å². The molecule has 1 rings (SSSR count). The Hall–Kier alpha value is -1.75. The fourth-order valence-corrected chi connectivity index (χ4v) is 1.73. The van der Waals surface area contributed by atoms with Gasteiger partial charge in [-0.05, 0) is 44.9 Å². The molecule has 0 radical (unpaired) electrons. The van der Waals surface area contributed by atoms with E-state index in [1.165, 1.54) is 0 Å². The summed E-state index contributed by atoms with van der Waals surface area (Å²) < 4.78 is 5.12. The first kappa shape index (κ1) is 16.3. The lowest BCUT2D eigenvalue weighted by molar-refractivity contribution is -0.136. The van der Waals surface area contributed by atoms with Crippen LogP contribution < -0.4 is 5.32 Å². The highest BCUT2D eigenvalue weighted by Crippen LogP contribution is 2.24. The number of aliphatic carboxylic acids is 1. The van der Waals surface area contributed by atoms with Crippen LogP contribution in [0.5, 0.6) is 0 Å². The van der Waals surface area contributed by atoms with E-state index in [0.717, 1.165) is 5.56 Å². The first-order valence-electron chi connectivity index (χ1n) is 6.17. The number of aryl methyl sites for hydroxylation is 1. The van der Waals surface area contributed by atoms with Gasteiger partial charge in [0, 0.05) is 6.42 Å². The molecular weight excluding hydrogens is 282 g/mol. The topological polar surface area (TPSA) is 75.6 Å². The van der Waals surface area contributed by atoms with Crippen molar-refractivity contribution >= 4 is 29.4 Å². The molecule has 110 valence electrons. The minimum absolute atomic E-state index is 0.0369. The molecule has 0 spiro atoms. The van der Waals surface area contributed by atoms with Gasteiger partial charge in [-0.25, -0.2) is 4.79 Å². The normalized spacial score (nSPS) is 11.0. The van der Waals surface area contributed by atoms with E-state index in [9.17, 15) is 9.59 Å². The molecule has 0 aliphatic heterocycles. The van der Waals surface area contributed by atoms with E-state index in [2.05, 4.69) is 5.32 Å². The lowest BCUT2D eigenvalue weighted by Crippen LogP contribution is -2.27. The molecule has 1 aromatic carbocycles. The maximum Gasteiger partial charge on any atom is 0.412 e. The molecule has 0 aromatic heterocycles. The Morgan fingerprint density at radius 3 is 2.50 bits per heavy atom. The highest BCUT2D eigenvalue weighted by Gasteiger charge is 2.17. The smallest absolute Gasteiger partial charge is 0.412 e. The molecule has 0 saturated carbocycles. The summed E-state index contributed by atoms with van der Waals surface area (Å²) in [6, 6.07) is 4.99. The largest absolute Gasteiger partial charge is 0.481 e. The second-order valence-electron chi connectivity index (χ2n) is 5.33. The van der Waals surface area contributed by atoms with Crippen LogP contribution in [-0.2, 0) is 16.0 Å². The van der Waals surface area contributed by atoms with Crippen LogP contribution in [0.1, 0.15) is 32.8 Å². The van der Waals surface area contributed by atoms with Crippen LogP contribution in [0, 0.1) is 0 Å². The van der Waals surface area contributed by atoms with E-state index in [4.69, 9.17) is 21.4 Å². The van der Waals surface area contributed by atoms with Crippen LogP contribution in [0.15, 0.2) is 18.2 Å². The Bertz CT molecular complexity index is 508. The van der Waals surface area contributed by atoms with E-state index in [-0.39, 0.29) is 6.42 Å². The average molecular weight is 300 g/mol. The van der Waals surface area contributed by atoms with Gasteiger partial charge >= 0.3 is 12.1 Å². The number of benzene rings is 1. The molecule has 6 heteroatoms. The second kappa shape index (κ2) is 6.61. The minimum atomic E-state index is -0.864. The fraction of sp³-hybridized carbons (Fsp3) is 0.429. The van der Waals surface area contributed by atoms with E-state index < -0.39 is 17.7 Å². The third-order valence-corrected chi connectivity index (χ3v) is 2.61. The summed E-state index contributed by atoms with van der Waals surface area (Å²) in [6.07, 6.45) is -0.158. The lowest BCUT2D eigenvalue weighted by atomic mass is 10.1. The number of amides is 1. The Morgan fingerprint density at radius 2 is 2.00 bits per heavy atom. The van der Waals surface area contributed by atoms with Gasteiger partial charge in [-0.1, -0.05) is 17.7 Å². The number of halogens is 1. The van der Waals surface area contributed by atoms with Crippen LogP contribution >= 0.6 is 11.6 Å². The molecule has 0 aliphatic rings. The molecule has 0 bridgehead atoms. The molecule has 0 unspecified atom stereocenters. The number of anilines is 1. The predicted molar refractivity (Wildman–Crippen MR) is 77.3 cm³/mol. The number of ether oxygens (including phenoxy) is 1. The zero-order valence-corrected chi connectivity index (χ0v) is 12.5. The van der Waals surface area contributed by atoms with E-state index in [1.807, 2.05) is 0 Å². The van der Waals surface area contributed by atoms with Gasteiger partial charge in [0.2, 0.25) is 0 Å². The zero-order valence-electron chi connectivity index (χ0n) is 11.7.